The van der Waals surface area contributed by atoms with E-state index in [2.05, 4.69) is 28.9 Å². The summed E-state index contributed by atoms with van der Waals surface area (Å²) in [5.41, 5.74) is 1.52. The van der Waals surface area contributed by atoms with Gasteiger partial charge in [-0.2, -0.15) is 0 Å². The van der Waals surface area contributed by atoms with E-state index in [0.29, 0.717) is 5.92 Å². The average Bonchev–Trinajstić information content (AvgIpc) is 2.47. The normalized spacial score (nSPS) is 22.7. The minimum absolute atomic E-state index is 0.00837. The van der Waals surface area contributed by atoms with Gasteiger partial charge in [0.05, 0.1) is 0 Å². The van der Waals surface area contributed by atoms with Gasteiger partial charge in [0.2, 0.25) is 0 Å². The Hall–Kier alpha value is -1.25. The van der Waals surface area contributed by atoms with Crippen molar-refractivity contribution < 1.29 is 4.79 Å². The van der Waals surface area contributed by atoms with Crippen molar-refractivity contribution >= 4 is 6.03 Å². The van der Waals surface area contributed by atoms with E-state index in [-0.39, 0.29) is 6.03 Å². The zero-order chi connectivity index (χ0) is 13.3. The number of allylic oxidation sites excluding steroid dienone is 3. The molecule has 2 aliphatic carbocycles. The summed E-state index contributed by atoms with van der Waals surface area (Å²) in [6, 6.07) is -0.00837. The molecule has 0 spiro atoms. The van der Waals surface area contributed by atoms with E-state index in [1.54, 1.807) is 0 Å². The molecule has 0 bridgehead atoms. The minimum Gasteiger partial charge on any atom is -0.338 e. The molecule has 2 aliphatic rings. The van der Waals surface area contributed by atoms with Crippen LogP contribution in [0.3, 0.4) is 0 Å². The second-order valence-electron chi connectivity index (χ2n) is 5.65. The van der Waals surface area contributed by atoms with E-state index < -0.39 is 0 Å². The van der Waals surface area contributed by atoms with Crippen molar-refractivity contribution in [1.29, 1.82) is 0 Å². The highest BCUT2D eigenvalue weighted by Gasteiger charge is 2.11. The topological polar surface area (TPSA) is 41.1 Å². The zero-order valence-electron chi connectivity index (χ0n) is 11.8. The Labute approximate surface area is 116 Å². The first-order valence-electron chi connectivity index (χ1n) is 7.69. The van der Waals surface area contributed by atoms with Crippen LogP contribution >= 0.6 is 0 Å². The van der Waals surface area contributed by atoms with Crippen LogP contribution in [-0.4, -0.2) is 19.1 Å². The Balaban J connectivity index is 1.54. The van der Waals surface area contributed by atoms with E-state index in [1.165, 1.54) is 37.7 Å². The van der Waals surface area contributed by atoms with Gasteiger partial charge in [-0.15, -0.1) is 0 Å². The molecule has 2 rings (SSSR count). The highest BCUT2D eigenvalue weighted by atomic mass is 16.2. The summed E-state index contributed by atoms with van der Waals surface area (Å²) in [6.45, 7) is 1.57. The number of hydrogen-bond donors (Lipinski definition) is 2. The molecule has 0 saturated heterocycles. The fourth-order valence-corrected chi connectivity index (χ4v) is 2.81. The molecule has 2 amide bonds. The molecule has 1 unspecified atom stereocenters. The number of nitrogens with one attached hydrogen (secondary N) is 2. The highest BCUT2D eigenvalue weighted by Crippen LogP contribution is 2.19. The molecule has 3 heteroatoms. The third-order valence-electron chi connectivity index (χ3n) is 4.05. The monoisotopic (exact) mass is 262 g/mol. The number of hydrogen-bond acceptors (Lipinski definition) is 1. The van der Waals surface area contributed by atoms with Crippen molar-refractivity contribution in [1.82, 2.24) is 10.6 Å². The number of amides is 2. The van der Waals surface area contributed by atoms with Crippen LogP contribution in [0.4, 0.5) is 4.79 Å². The zero-order valence-corrected chi connectivity index (χ0v) is 11.8. The maximum atomic E-state index is 11.7. The van der Waals surface area contributed by atoms with Gasteiger partial charge in [-0.25, -0.2) is 4.79 Å². The standard InChI is InChI=1S/C16H26N2O/c19-16(18-13-15-9-5-2-6-10-15)17-12-11-14-7-3-1-4-8-14/h2,5,7,15H,1,3-4,6,8-13H2,(H2,17,18,19). The van der Waals surface area contributed by atoms with E-state index >= 15 is 0 Å². The van der Waals surface area contributed by atoms with Gasteiger partial charge in [0, 0.05) is 13.1 Å². The van der Waals surface area contributed by atoms with Crippen LogP contribution in [0, 0.1) is 5.92 Å². The summed E-state index contributed by atoms with van der Waals surface area (Å²) in [6.07, 6.45) is 16.3. The summed E-state index contributed by atoms with van der Waals surface area (Å²) in [5.74, 6) is 0.622. The SMILES string of the molecule is O=C(NCCC1=CCCCC1)NCC1CC=CCC1. The Morgan fingerprint density at radius 1 is 1.21 bits per heavy atom. The van der Waals surface area contributed by atoms with E-state index in [9.17, 15) is 4.79 Å². The molecule has 0 fully saturated rings. The lowest BCUT2D eigenvalue weighted by atomic mass is 9.94. The number of rotatable bonds is 5. The molecule has 2 N–H and O–H groups in total. The van der Waals surface area contributed by atoms with Crippen LogP contribution < -0.4 is 10.6 Å². The molecule has 0 heterocycles. The summed E-state index contributed by atoms with van der Waals surface area (Å²) < 4.78 is 0. The first-order valence-corrected chi connectivity index (χ1v) is 7.69. The molecule has 0 aliphatic heterocycles. The second-order valence-corrected chi connectivity index (χ2v) is 5.65. The lowest BCUT2D eigenvalue weighted by Gasteiger charge is -2.18. The number of carbonyl (C=O) groups excluding carboxylic acids is 1. The Kier molecular flexibility index (Phi) is 5.99. The fraction of sp³-hybridized carbons (Fsp3) is 0.688. The molecule has 0 saturated carbocycles. The van der Waals surface area contributed by atoms with Crippen molar-refractivity contribution in [2.24, 2.45) is 5.92 Å². The van der Waals surface area contributed by atoms with Crippen molar-refractivity contribution in [3.8, 4) is 0 Å². The van der Waals surface area contributed by atoms with Gasteiger partial charge in [0.1, 0.15) is 0 Å². The largest absolute Gasteiger partial charge is 0.338 e. The van der Waals surface area contributed by atoms with Gasteiger partial charge in [-0.3, -0.25) is 0 Å². The molecule has 0 aromatic carbocycles. The molecule has 3 nitrogen and oxygen atoms in total. The van der Waals surface area contributed by atoms with Crippen LogP contribution in [-0.2, 0) is 0 Å². The highest BCUT2D eigenvalue weighted by molar-refractivity contribution is 5.73. The third kappa shape index (κ3) is 5.50. The average molecular weight is 262 g/mol. The minimum atomic E-state index is -0.00837. The molecular formula is C16H26N2O. The molecule has 0 aromatic rings. The quantitative estimate of drug-likeness (QED) is 0.731. The van der Waals surface area contributed by atoms with Gasteiger partial charge >= 0.3 is 6.03 Å². The predicted molar refractivity (Wildman–Crippen MR) is 79.1 cm³/mol. The molecule has 1 atom stereocenters. The van der Waals surface area contributed by atoms with Gasteiger partial charge in [0.25, 0.3) is 0 Å². The molecular weight excluding hydrogens is 236 g/mol. The van der Waals surface area contributed by atoms with E-state index in [1.807, 2.05) is 0 Å². The predicted octanol–water partition coefficient (Wildman–Crippen LogP) is 3.53. The molecule has 106 valence electrons. The van der Waals surface area contributed by atoms with Gasteiger partial charge < -0.3 is 10.6 Å². The number of urea groups is 1. The van der Waals surface area contributed by atoms with Gasteiger partial charge in [-0.1, -0.05) is 23.8 Å². The first kappa shape index (κ1) is 14.2. The van der Waals surface area contributed by atoms with Crippen LogP contribution in [0.2, 0.25) is 0 Å². The summed E-state index contributed by atoms with van der Waals surface area (Å²) in [4.78, 5) is 11.7. The Morgan fingerprint density at radius 3 is 2.89 bits per heavy atom. The van der Waals surface area contributed by atoms with Crippen LogP contribution in [0.5, 0.6) is 0 Å². The second kappa shape index (κ2) is 8.03. The van der Waals surface area contributed by atoms with E-state index in [0.717, 1.165) is 32.4 Å². The van der Waals surface area contributed by atoms with Crippen molar-refractivity contribution in [3.05, 3.63) is 23.8 Å². The molecule has 0 radical (unpaired) electrons. The molecule has 19 heavy (non-hydrogen) atoms. The lowest BCUT2D eigenvalue weighted by Crippen LogP contribution is -2.38. The van der Waals surface area contributed by atoms with Crippen LogP contribution in [0.1, 0.15) is 51.4 Å². The van der Waals surface area contributed by atoms with Crippen LogP contribution in [0.15, 0.2) is 23.8 Å². The van der Waals surface area contributed by atoms with Gasteiger partial charge in [0.15, 0.2) is 0 Å². The first-order chi connectivity index (χ1) is 9.34. The lowest BCUT2D eigenvalue weighted by molar-refractivity contribution is 0.238. The number of carbonyl (C=O) groups is 1. The van der Waals surface area contributed by atoms with Gasteiger partial charge in [-0.05, 0) is 57.3 Å². The fourth-order valence-electron chi connectivity index (χ4n) is 2.81. The Bertz CT molecular complexity index is 347. The smallest absolute Gasteiger partial charge is 0.314 e. The third-order valence-corrected chi connectivity index (χ3v) is 4.05. The molecule has 0 aromatic heterocycles. The summed E-state index contributed by atoms with van der Waals surface area (Å²) >= 11 is 0. The van der Waals surface area contributed by atoms with Crippen molar-refractivity contribution in [3.63, 3.8) is 0 Å². The van der Waals surface area contributed by atoms with Crippen molar-refractivity contribution in [2.45, 2.75) is 51.4 Å². The maximum Gasteiger partial charge on any atom is 0.314 e. The van der Waals surface area contributed by atoms with Crippen molar-refractivity contribution in [2.75, 3.05) is 13.1 Å². The Morgan fingerprint density at radius 2 is 2.16 bits per heavy atom. The van der Waals surface area contributed by atoms with Crippen LogP contribution in [0.25, 0.3) is 0 Å². The van der Waals surface area contributed by atoms with E-state index in [4.69, 9.17) is 0 Å². The summed E-state index contributed by atoms with van der Waals surface area (Å²) in [5, 5.41) is 5.95. The summed E-state index contributed by atoms with van der Waals surface area (Å²) in [7, 11) is 0. The maximum absolute atomic E-state index is 11.7.